The minimum atomic E-state index is 0.244. The highest BCUT2D eigenvalue weighted by molar-refractivity contribution is 6.30. The average molecular weight is 441 g/mol. The number of aromatic nitrogens is 2. The molecule has 2 heterocycles. The van der Waals surface area contributed by atoms with Crippen LogP contribution in [0.4, 0.5) is 5.82 Å². The maximum atomic E-state index is 13.0. The minimum Gasteiger partial charge on any atom is -0.353 e. The minimum absolute atomic E-state index is 0.244. The van der Waals surface area contributed by atoms with Crippen molar-refractivity contribution >= 4 is 23.3 Å². The second kappa shape index (κ2) is 9.99. The molecule has 1 aliphatic heterocycles. The van der Waals surface area contributed by atoms with Crippen molar-refractivity contribution in [3.05, 3.63) is 51.9 Å². The Balaban J connectivity index is 1.51. The van der Waals surface area contributed by atoms with E-state index in [9.17, 15) is 4.79 Å². The van der Waals surface area contributed by atoms with Gasteiger partial charge < -0.3 is 9.80 Å². The number of carbonyl (C=O) groups excluding carboxylic acids is 1. The van der Waals surface area contributed by atoms with Gasteiger partial charge in [-0.25, -0.2) is 9.97 Å². The molecule has 1 saturated carbocycles. The summed E-state index contributed by atoms with van der Waals surface area (Å²) < 4.78 is 0. The number of nitrogens with zero attached hydrogens (tertiary/aromatic N) is 4. The normalized spacial score (nSPS) is 17.8. The molecule has 1 aliphatic carbocycles. The summed E-state index contributed by atoms with van der Waals surface area (Å²) in [5.41, 5.74) is 3.51. The second-order valence-corrected chi connectivity index (χ2v) is 9.26. The van der Waals surface area contributed by atoms with E-state index in [0.717, 1.165) is 74.2 Å². The molecule has 1 aromatic heterocycles. The fourth-order valence-corrected chi connectivity index (χ4v) is 5.05. The highest BCUT2D eigenvalue weighted by atomic mass is 35.5. The van der Waals surface area contributed by atoms with Crippen LogP contribution in [0.1, 0.15) is 61.7 Å². The Morgan fingerprint density at radius 2 is 1.71 bits per heavy atom. The van der Waals surface area contributed by atoms with Crippen LogP contribution in [0.3, 0.4) is 0 Å². The van der Waals surface area contributed by atoms with Gasteiger partial charge in [-0.1, -0.05) is 49.9 Å². The molecule has 0 N–H and O–H groups in total. The van der Waals surface area contributed by atoms with E-state index in [1.54, 1.807) is 0 Å². The van der Waals surface area contributed by atoms with Crippen molar-refractivity contribution < 1.29 is 4.79 Å². The third kappa shape index (κ3) is 5.20. The van der Waals surface area contributed by atoms with Crippen molar-refractivity contribution in [2.45, 2.75) is 58.8 Å². The van der Waals surface area contributed by atoms with Crippen LogP contribution in [0.2, 0.25) is 5.02 Å². The van der Waals surface area contributed by atoms with E-state index < -0.39 is 0 Å². The first-order valence-corrected chi connectivity index (χ1v) is 12.1. The molecule has 2 aliphatic rings. The molecule has 0 bridgehead atoms. The zero-order valence-electron chi connectivity index (χ0n) is 18.7. The quantitative estimate of drug-likeness (QED) is 0.668. The van der Waals surface area contributed by atoms with E-state index in [4.69, 9.17) is 21.6 Å². The van der Waals surface area contributed by atoms with Gasteiger partial charge in [0.2, 0.25) is 5.91 Å². The average Bonchev–Trinajstić information content (AvgIpc) is 2.81. The van der Waals surface area contributed by atoms with Gasteiger partial charge in [0.15, 0.2) is 0 Å². The lowest BCUT2D eigenvalue weighted by atomic mass is 9.88. The molecule has 1 amide bonds. The van der Waals surface area contributed by atoms with Gasteiger partial charge in [0, 0.05) is 54.8 Å². The van der Waals surface area contributed by atoms with Crippen molar-refractivity contribution in [1.82, 2.24) is 14.9 Å². The van der Waals surface area contributed by atoms with Crippen molar-refractivity contribution in [3.8, 4) is 0 Å². The number of hydrogen-bond donors (Lipinski definition) is 0. The van der Waals surface area contributed by atoms with E-state index in [0.29, 0.717) is 5.91 Å². The summed E-state index contributed by atoms with van der Waals surface area (Å²) in [6.07, 6.45) is 7.47. The summed E-state index contributed by atoms with van der Waals surface area (Å²) in [6.45, 7) is 7.33. The number of piperazine rings is 1. The molecule has 166 valence electrons. The number of halogens is 1. The van der Waals surface area contributed by atoms with Crippen LogP contribution in [0.15, 0.2) is 24.3 Å². The Kier molecular flexibility index (Phi) is 7.11. The molecule has 6 heteroatoms. The Hall–Kier alpha value is -2.14. The van der Waals surface area contributed by atoms with Gasteiger partial charge in [-0.15, -0.1) is 0 Å². The number of aryl methyl sites for hydroxylation is 2. The van der Waals surface area contributed by atoms with Crippen LogP contribution in [0.5, 0.6) is 0 Å². The molecule has 0 atom stereocenters. The molecule has 0 unspecified atom stereocenters. The lowest BCUT2D eigenvalue weighted by Crippen LogP contribution is -2.51. The van der Waals surface area contributed by atoms with Gasteiger partial charge in [0.05, 0.1) is 0 Å². The lowest BCUT2D eigenvalue weighted by Gasteiger charge is -2.38. The Labute approximate surface area is 190 Å². The highest BCUT2D eigenvalue weighted by Gasteiger charge is 2.29. The Bertz CT molecular complexity index is 900. The topological polar surface area (TPSA) is 49.3 Å². The summed E-state index contributed by atoms with van der Waals surface area (Å²) >= 11 is 6.08. The molecular weight excluding hydrogens is 408 g/mol. The number of anilines is 1. The zero-order chi connectivity index (χ0) is 21.8. The van der Waals surface area contributed by atoms with Gasteiger partial charge in [-0.2, -0.15) is 0 Å². The van der Waals surface area contributed by atoms with Crippen molar-refractivity contribution in [3.63, 3.8) is 0 Å². The first-order chi connectivity index (χ1) is 15.0. The molecule has 0 radical (unpaired) electrons. The monoisotopic (exact) mass is 440 g/mol. The second-order valence-electron chi connectivity index (χ2n) is 8.82. The SMILES string of the molecule is CCc1nc(C)nc(N2CCN(C(=O)C3CCCCC3)CC2)c1Cc1ccc(Cl)cc1. The summed E-state index contributed by atoms with van der Waals surface area (Å²) in [5, 5.41) is 0.749. The fraction of sp³-hybridized carbons (Fsp3) is 0.560. The van der Waals surface area contributed by atoms with Crippen LogP contribution in [0, 0.1) is 12.8 Å². The van der Waals surface area contributed by atoms with Gasteiger partial charge in [-0.3, -0.25) is 4.79 Å². The zero-order valence-corrected chi connectivity index (χ0v) is 19.5. The van der Waals surface area contributed by atoms with Gasteiger partial charge >= 0.3 is 0 Å². The number of carbonyl (C=O) groups is 1. The number of hydrogen-bond acceptors (Lipinski definition) is 4. The first kappa shape index (κ1) is 22.1. The summed E-state index contributed by atoms with van der Waals surface area (Å²) in [6, 6.07) is 8.03. The van der Waals surface area contributed by atoms with Gasteiger partial charge in [0.1, 0.15) is 11.6 Å². The van der Waals surface area contributed by atoms with Crippen LogP contribution in [-0.2, 0) is 17.6 Å². The van der Waals surface area contributed by atoms with Crippen LogP contribution in [0.25, 0.3) is 0 Å². The standard InChI is InChI=1S/C25H33ClN4O/c1-3-23-22(17-19-9-11-21(26)12-10-19)24(28-18(2)27-23)29-13-15-30(16-14-29)25(31)20-7-5-4-6-8-20/h9-12,20H,3-8,13-17H2,1-2H3. The summed E-state index contributed by atoms with van der Waals surface area (Å²) in [5.74, 6) is 2.46. The first-order valence-electron chi connectivity index (χ1n) is 11.7. The predicted molar refractivity (Wildman–Crippen MR) is 126 cm³/mol. The van der Waals surface area contributed by atoms with E-state index in [2.05, 4.69) is 28.9 Å². The van der Waals surface area contributed by atoms with Crippen LogP contribution in [-0.4, -0.2) is 47.0 Å². The van der Waals surface area contributed by atoms with E-state index in [1.165, 1.54) is 30.4 Å². The third-order valence-corrected chi connectivity index (χ3v) is 6.91. The van der Waals surface area contributed by atoms with Crippen molar-refractivity contribution in [1.29, 1.82) is 0 Å². The van der Waals surface area contributed by atoms with E-state index in [1.807, 2.05) is 19.1 Å². The van der Waals surface area contributed by atoms with Gasteiger partial charge in [-0.05, 0) is 43.9 Å². The summed E-state index contributed by atoms with van der Waals surface area (Å²) in [7, 11) is 0. The molecule has 2 aromatic rings. The van der Waals surface area contributed by atoms with Gasteiger partial charge in [0.25, 0.3) is 0 Å². The smallest absolute Gasteiger partial charge is 0.225 e. The van der Waals surface area contributed by atoms with Crippen molar-refractivity contribution in [2.24, 2.45) is 5.92 Å². The van der Waals surface area contributed by atoms with Crippen molar-refractivity contribution in [2.75, 3.05) is 31.1 Å². The maximum Gasteiger partial charge on any atom is 0.225 e. The lowest BCUT2D eigenvalue weighted by molar-refractivity contribution is -0.136. The fourth-order valence-electron chi connectivity index (χ4n) is 4.93. The van der Waals surface area contributed by atoms with Crippen LogP contribution >= 0.6 is 11.6 Å². The number of rotatable bonds is 5. The third-order valence-electron chi connectivity index (χ3n) is 6.66. The van der Waals surface area contributed by atoms with E-state index >= 15 is 0 Å². The molecule has 31 heavy (non-hydrogen) atoms. The van der Waals surface area contributed by atoms with E-state index in [-0.39, 0.29) is 5.92 Å². The Morgan fingerprint density at radius 3 is 2.35 bits per heavy atom. The maximum absolute atomic E-state index is 13.0. The number of benzene rings is 1. The highest BCUT2D eigenvalue weighted by Crippen LogP contribution is 2.28. The largest absolute Gasteiger partial charge is 0.353 e. The molecule has 0 spiro atoms. The van der Waals surface area contributed by atoms with Crippen LogP contribution < -0.4 is 4.90 Å². The summed E-state index contributed by atoms with van der Waals surface area (Å²) in [4.78, 5) is 27.0. The number of amides is 1. The molecule has 4 rings (SSSR count). The molecule has 2 fully saturated rings. The molecule has 5 nitrogen and oxygen atoms in total. The molecular formula is C25H33ClN4O. The molecule has 1 aromatic carbocycles. The Morgan fingerprint density at radius 1 is 1.03 bits per heavy atom. The predicted octanol–water partition coefficient (Wildman–Crippen LogP) is 4.82. The molecule has 1 saturated heterocycles.